The van der Waals surface area contributed by atoms with Crippen LogP contribution >= 0.6 is 63.7 Å². The summed E-state index contributed by atoms with van der Waals surface area (Å²) in [6.07, 6.45) is 0. The first-order valence-electron chi connectivity index (χ1n) is 46.1. The Balaban J connectivity index is 0.000000110. The van der Waals surface area contributed by atoms with Crippen LogP contribution in [-0.4, -0.2) is 9.13 Å². The van der Waals surface area contributed by atoms with E-state index in [1.165, 1.54) is 115 Å². The number of rotatable bonds is 18. The zero-order valence-corrected chi connectivity index (χ0v) is 81.5. The third kappa shape index (κ3) is 19.3. The van der Waals surface area contributed by atoms with E-state index in [1.807, 2.05) is 18.2 Å². The van der Waals surface area contributed by atoms with Crippen LogP contribution in [0.3, 0.4) is 0 Å². The van der Waals surface area contributed by atoms with Crippen molar-refractivity contribution in [1.82, 2.24) is 9.13 Å². The first-order valence-corrected chi connectivity index (χ1v) is 49.3. The van der Waals surface area contributed by atoms with Gasteiger partial charge in [0.2, 0.25) is 0 Å². The molecule has 24 rings (SSSR count). The SMILES string of the molecule is Brc1ccc(N(c2ccc(-c3ccccc3)cc2)c2ccc(-c3ccccc3)cc2)cc1.Brc1ccc(N(c2ccc(-c3ccccc3)cc2)c2cccc(-c3ccccc3)c2)cc1.Brc1ccc(N(c2ccc3c4ccccc4n(-c4ccccc4)c3c2)c2cccc3ccccc23)cc1.Brc1ccc(N(c2ccc3ccccc3c2)c2ccc3c(c2)c2ccccc2n3-c2ccccc2)cc1. The van der Waals surface area contributed by atoms with Gasteiger partial charge in [0.1, 0.15) is 0 Å². The monoisotopic (exact) mass is 2030 g/mol. The standard InChI is InChI=1S/2C34H23BrN2.2C30H22BrN/c35-25-17-19-27(20-18-25)36(32-16-8-10-24-9-4-5-13-29(24)32)28-21-22-31-30-14-6-7-15-33(30)37(34(31)23-28)26-11-2-1-3-12-26;35-26-15-18-28(19-16-26)36(29-17-14-24-8-4-5-9-25(24)22-29)30-20-21-34-32(23-30)31-12-6-7-13-33(31)37(34)27-10-2-1-3-11-27;31-27-16-20-29(21-17-27)32(28-18-14-25(15-19-28)23-8-3-1-4-9-23)30-13-7-12-26(22-30)24-10-5-2-6-11-24;31-27-15-21-30(22-16-27)32(28-17-11-25(12-18-28)23-7-3-1-4-8-23)29-19-13-26(14-20-29)24-9-5-2-6-10-24/h2*1-23H;2*1-22H. The van der Waals surface area contributed by atoms with E-state index >= 15 is 0 Å². The molecule has 0 unspecified atom stereocenters. The maximum Gasteiger partial charge on any atom is 0.0561 e. The van der Waals surface area contributed by atoms with E-state index in [1.54, 1.807) is 0 Å². The molecule has 24 aromatic rings. The van der Waals surface area contributed by atoms with Crippen molar-refractivity contribution in [2.24, 2.45) is 0 Å². The highest BCUT2D eigenvalue weighted by atomic mass is 79.9. The van der Waals surface area contributed by atoms with Crippen molar-refractivity contribution in [1.29, 1.82) is 0 Å². The van der Waals surface area contributed by atoms with Crippen LogP contribution in [0.4, 0.5) is 68.2 Å². The molecule has 0 fully saturated rings. The van der Waals surface area contributed by atoms with Crippen molar-refractivity contribution in [2.75, 3.05) is 19.6 Å². The quantitative estimate of drug-likeness (QED) is 0.0854. The number of aromatic nitrogens is 2. The smallest absolute Gasteiger partial charge is 0.0561 e. The molecule has 2 aromatic heterocycles. The van der Waals surface area contributed by atoms with Crippen molar-refractivity contribution in [3.05, 3.63) is 564 Å². The largest absolute Gasteiger partial charge is 0.311 e. The van der Waals surface area contributed by atoms with Gasteiger partial charge in [-0.1, -0.05) is 379 Å². The van der Waals surface area contributed by atoms with Crippen molar-refractivity contribution in [2.45, 2.75) is 0 Å². The van der Waals surface area contributed by atoms with E-state index in [-0.39, 0.29) is 0 Å². The number of hydrogen-bond acceptors (Lipinski definition) is 4. The summed E-state index contributed by atoms with van der Waals surface area (Å²) in [6.45, 7) is 0. The van der Waals surface area contributed by atoms with Crippen molar-refractivity contribution in [3.8, 4) is 55.9 Å². The fourth-order valence-corrected chi connectivity index (χ4v) is 19.6. The molecule has 138 heavy (non-hydrogen) atoms. The number of benzene rings is 22. The Kier molecular flexibility index (Phi) is 26.4. The molecule has 6 nitrogen and oxygen atoms in total. The number of nitrogens with zero attached hydrogens (tertiary/aromatic N) is 6. The highest BCUT2D eigenvalue weighted by Gasteiger charge is 2.24. The van der Waals surface area contributed by atoms with Crippen LogP contribution in [0.25, 0.3) is 121 Å². The molecule has 0 saturated carbocycles. The third-order valence-electron chi connectivity index (χ3n) is 25.1. The summed E-state index contributed by atoms with van der Waals surface area (Å²) in [4.78, 5) is 9.29. The average Bonchev–Trinajstić information content (AvgIpc) is 1.59. The number of fused-ring (bicyclic) bond motifs is 8. The zero-order valence-electron chi connectivity index (χ0n) is 75.2. The van der Waals surface area contributed by atoms with Gasteiger partial charge < -0.3 is 28.7 Å². The molecule has 0 N–H and O–H groups in total. The van der Waals surface area contributed by atoms with Crippen LogP contribution < -0.4 is 19.6 Å². The van der Waals surface area contributed by atoms with E-state index < -0.39 is 0 Å². The predicted molar refractivity (Wildman–Crippen MR) is 601 cm³/mol. The first kappa shape index (κ1) is 88.7. The molecule has 0 amide bonds. The third-order valence-corrected chi connectivity index (χ3v) is 27.2. The number of hydrogen-bond donors (Lipinski definition) is 0. The Morgan fingerprint density at radius 2 is 0.413 bits per heavy atom. The van der Waals surface area contributed by atoms with Crippen molar-refractivity contribution in [3.63, 3.8) is 0 Å². The molecule has 0 bridgehead atoms. The molecule has 0 aliphatic carbocycles. The maximum absolute atomic E-state index is 3.61. The van der Waals surface area contributed by atoms with Gasteiger partial charge in [-0.05, 0) is 291 Å². The van der Waals surface area contributed by atoms with Crippen LogP contribution in [-0.2, 0) is 0 Å². The molecule has 0 aliphatic heterocycles. The Bertz CT molecular complexity index is 8220. The van der Waals surface area contributed by atoms with Crippen LogP contribution in [0.2, 0.25) is 0 Å². The molecule has 0 atom stereocenters. The topological polar surface area (TPSA) is 22.8 Å². The van der Waals surface area contributed by atoms with Gasteiger partial charge in [0.15, 0.2) is 0 Å². The van der Waals surface area contributed by atoms with Crippen LogP contribution in [0, 0.1) is 0 Å². The van der Waals surface area contributed by atoms with Gasteiger partial charge >= 0.3 is 0 Å². The van der Waals surface area contributed by atoms with Gasteiger partial charge in [-0.2, -0.15) is 0 Å². The highest BCUT2D eigenvalue weighted by molar-refractivity contribution is 9.11. The molecule has 0 saturated heterocycles. The van der Waals surface area contributed by atoms with E-state index in [9.17, 15) is 0 Å². The summed E-state index contributed by atoms with van der Waals surface area (Å²) in [6, 6.07) is 193. The van der Waals surface area contributed by atoms with E-state index in [0.717, 1.165) is 91.8 Å². The van der Waals surface area contributed by atoms with Gasteiger partial charge in [-0.15, -0.1) is 0 Å². The molecule has 0 aliphatic rings. The molecule has 2 heterocycles. The molecule has 22 aromatic carbocycles. The lowest BCUT2D eigenvalue weighted by molar-refractivity contribution is 1.18. The summed E-state index contributed by atoms with van der Waals surface area (Å²) in [7, 11) is 0. The first-order chi connectivity index (χ1) is 68.1. The Morgan fingerprint density at radius 3 is 0.877 bits per heavy atom. The van der Waals surface area contributed by atoms with Crippen molar-refractivity contribution < 1.29 is 0 Å². The minimum absolute atomic E-state index is 1.06. The molecular formula is C128H90Br4N6. The van der Waals surface area contributed by atoms with Gasteiger partial charge in [0.05, 0.1) is 27.8 Å². The summed E-state index contributed by atoms with van der Waals surface area (Å²) in [5, 5.41) is 9.90. The molecular weight excluding hydrogens is 1940 g/mol. The summed E-state index contributed by atoms with van der Waals surface area (Å²) < 4.78 is 8.99. The van der Waals surface area contributed by atoms with E-state index in [2.05, 4.69) is 620 Å². The van der Waals surface area contributed by atoms with E-state index in [0.29, 0.717) is 0 Å². The second-order valence-electron chi connectivity index (χ2n) is 33.7. The molecule has 10 heteroatoms. The van der Waals surface area contributed by atoms with Crippen molar-refractivity contribution >= 4 is 197 Å². The lowest BCUT2D eigenvalue weighted by atomic mass is 10.0. The number of halogens is 4. The molecule has 0 spiro atoms. The predicted octanol–water partition coefficient (Wildman–Crippen LogP) is 38.8. The van der Waals surface area contributed by atoms with Crippen LogP contribution in [0.5, 0.6) is 0 Å². The minimum atomic E-state index is 1.06. The molecule has 0 radical (unpaired) electrons. The normalized spacial score (nSPS) is 11.0. The maximum atomic E-state index is 3.61. The van der Waals surface area contributed by atoms with Crippen LogP contribution in [0.15, 0.2) is 564 Å². The summed E-state index contributed by atoms with van der Waals surface area (Å²) in [5.74, 6) is 0. The lowest BCUT2D eigenvalue weighted by Crippen LogP contribution is -2.10. The number of anilines is 12. The Hall–Kier alpha value is -15.9. The molecule has 660 valence electrons. The fraction of sp³-hybridized carbons (Fsp3) is 0. The van der Waals surface area contributed by atoms with Gasteiger partial charge in [-0.25, -0.2) is 0 Å². The van der Waals surface area contributed by atoms with E-state index in [4.69, 9.17) is 0 Å². The second kappa shape index (κ2) is 41.1. The zero-order chi connectivity index (χ0) is 93.0. The van der Waals surface area contributed by atoms with Gasteiger partial charge in [-0.3, -0.25) is 0 Å². The lowest BCUT2D eigenvalue weighted by Gasteiger charge is -2.27. The minimum Gasteiger partial charge on any atom is -0.311 e. The number of para-hydroxylation sites is 4. The fourth-order valence-electron chi connectivity index (χ4n) is 18.5. The second-order valence-corrected chi connectivity index (χ2v) is 37.4. The van der Waals surface area contributed by atoms with Crippen LogP contribution in [0.1, 0.15) is 0 Å². The summed E-state index contributed by atoms with van der Waals surface area (Å²) >= 11 is 14.3. The van der Waals surface area contributed by atoms with Gasteiger partial charge in [0, 0.05) is 119 Å². The Labute approximate surface area is 838 Å². The summed E-state index contributed by atoms with van der Waals surface area (Å²) in [5.41, 5.74) is 30.3. The van der Waals surface area contributed by atoms with Gasteiger partial charge in [0.25, 0.3) is 0 Å². The average molecular weight is 2030 g/mol. The Morgan fingerprint density at radius 1 is 0.138 bits per heavy atom. The highest BCUT2D eigenvalue weighted by Crippen LogP contribution is 2.47.